The molecule has 238 valence electrons. The number of carbonyl (C=O) groups is 2. The summed E-state index contributed by atoms with van der Waals surface area (Å²) in [5.41, 5.74) is -0.0113. The van der Waals surface area contributed by atoms with E-state index in [4.69, 9.17) is 25.8 Å². The summed E-state index contributed by atoms with van der Waals surface area (Å²) in [6.45, 7) is 10.7. The number of aliphatic hydroxyl groups excluding tert-OH is 1. The fraction of sp³-hybridized carbons (Fsp3) is 0.543. The minimum atomic E-state index is -2.27. The van der Waals surface area contributed by atoms with E-state index < -0.39 is 35.7 Å². The Morgan fingerprint density at radius 3 is 2.66 bits per heavy atom. The largest absolute Gasteiger partial charge is 0.490 e. The summed E-state index contributed by atoms with van der Waals surface area (Å²) in [6.07, 6.45) is 5.15. The van der Waals surface area contributed by atoms with E-state index >= 15 is 0 Å². The second-order valence-electron chi connectivity index (χ2n) is 13.6. The number of ether oxygens (including phenoxy) is 3. The Morgan fingerprint density at radius 2 is 2.00 bits per heavy atom. The topological polar surface area (TPSA) is 106 Å². The van der Waals surface area contributed by atoms with Crippen molar-refractivity contribution in [3.63, 3.8) is 0 Å². The van der Waals surface area contributed by atoms with Crippen LogP contribution in [-0.4, -0.2) is 60.7 Å². The third kappa shape index (κ3) is 6.35. The second kappa shape index (κ2) is 12.4. The molecule has 8 nitrogen and oxygen atoms in total. The Hall–Kier alpha value is -3.07. The van der Waals surface area contributed by atoms with Gasteiger partial charge in [-0.15, -0.1) is 6.58 Å². The lowest BCUT2D eigenvalue weighted by Crippen LogP contribution is -2.49. The number of aliphatic hydroxyl groups is 2. The first-order valence-electron chi connectivity index (χ1n) is 15.4. The van der Waals surface area contributed by atoms with Gasteiger partial charge in [-0.2, -0.15) is 0 Å². The molecule has 2 aromatic carbocycles. The summed E-state index contributed by atoms with van der Waals surface area (Å²) < 4.78 is 17.0. The summed E-state index contributed by atoms with van der Waals surface area (Å²) >= 11 is 6.39. The van der Waals surface area contributed by atoms with Crippen molar-refractivity contribution in [3.05, 3.63) is 70.8 Å². The standard InChI is InChI=1S/C35H44ClNO7/c1-6-29(38)26-12-9-23(26)19-37-20-34(15-7-8-22-16-25(36)11-13-27(22)34)21-43-30-14-10-24(17-28(30)37)35(41,32(40)42-5)18-31(39)44-33(2,3)4/h6,10-11,13-14,16-17,23,26,29,38,41H,1,7-9,12,15,18-21H2,2-5H3/t23-,26+,29-,34-,35+/m0/s1. The van der Waals surface area contributed by atoms with Crippen molar-refractivity contribution >= 4 is 29.2 Å². The normalized spacial score (nSPS) is 24.8. The fourth-order valence-corrected chi connectivity index (χ4v) is 7.34. The van der Waals surface area contributed by atoms with E-state index in [0.29, 0.717) is 36.2 Å². The molecule has 3 aliphatic rings. The molecule has 5 rings (SSSR count). The van der Waals surface area contributed by atoms with Crippen LogP contribution in [0.1, 0.15) is 69.6 Å². The lowest BCUT2D eigenvalue weighted by atomic mass is 9.68. The molecular formula is C35H44ClNO7. The monoisotopic (exact) mass is 625 g/mol. The molecule has 9 heteroatoms. The van der Waals surface area contributed by atoms with E-state index in [9.17, 15) is 19.8 Å². The number of hydrogen-bond donors (Lipinski definition) is 2. The number of rotatable bonds is 8. The number of fused-ring (bicyclic) bond motifs is 3. The molecule has 2 N–H and O–H groups in total. The van der Waals surface area contributed by atoms with Gasteiger partial charge in [0.1, 0.15) is 11.4 Å². The molecule has 0 radical (unpaired) electrons. The molecule has 0 amide bonds. The molecule has 2 aliphatic carbocycles. The van der Waals surface area contributed by atoms with E-state index in [1.54, 1.807) is 45.0 Å². The van der Waals surface area contributed by atoms with Crippen LogP contribution in [0.2, 0.25) is 5.02 Å². The highest BCUT2D eigenvalue weighted by atomic mass is 35.5. The van der Waals surface area contributed by atoms with Gasteiger partial charge in [0.25, 0.3) is 0 Å². The molecule has 0 saturated heterocycles. The number of benzene rings is 2. The van der Waals surface area contributed by atoms with Gasteiger partial charge < -0.3 is 29.3 Å². The van der Waals surface area contributed by atoms with Crippen LogP contribution in [0.25, 0.3) is 0 Å². The highest BCUT2D eigenvalue weighted by molar-refractivity contribution is 6.30. The van der Waals surface area contributed by atoms with Crippen LogP contribution in [0.15, 0.2) is 49.1 Å². The van der Waals surface area contributed by atoms with Crippen molar-refractivity contribution in [1.82, 2.24) is 0 Å². The molecule has 1 heterocycles. The molecule has 1 saturated carbocycles. The average molecular weight is 626 g/mol. The summed E-state index contributed by atoms with van der Waals surface area (Å²) in [7, 11) is 1.18. The summed E-state index contributed by atoms with van der Waals surface area (Å²) in [5.74, 6) is -0.746. The smallest absolute Gasteiger partial charge is 0.343 e. The molecule has 5 atom stereocenters. The number of carbonyl (C=O) groups excluding carboxylic acids is 2. The number of esters is 2. The zero-order chi connectivity index (χ0) is 31.9. The Balaban J connectivity index is 1.57. The van der Waals surface area contributed by atoms with Crippen molar-refractivity contribution in [1.29, 1.82) is 0 Å². The summed E-state index contributed by atoms with van der Waals surface area (Å²) in [4.78, 5) is 28.2. The molecule has 0 bridgehead atoms. The molecule has 0 unspecified atom stereocenters. The first kappa shape index (κ1) is 32.3. The van der Waals surface area contributed by atoms with Crippen molar-refractivity contribution in [2.24, 2.45) is 11.8 Å². The predicted molar refractivity (Wildman–Crippen MR) is 169 cm³/mol. The van der Waals surface area contributed by atoms with E-state index in [1.807, 2.05) is 12.1 Å². The minimum Gasteiger partial charge on any atom is -0.490 e. The number of nitrogens with zero attached hydrogens (tertiary/aromatic N) is 1. The molecular weight excluding hydrogens is 582 g/mol. The molecule has 2 aromatic rings. The summed E-state index contributed by atoms with van der Waals surface area (Å²) in [6, 6.07) is 11.2. The zero-order valence-electron chi connectivity index (χ0n) is 26.1. The highest BCUT2D eigenvalue weighted by Gasteiger charge is 2.46. The Bertz CT molecular complexity index is 1420. The fourth-order valence-electron chi connectivity index (χ4n) is 7.15. The number of hydrogen-bond acceptors (Lipinski definition) is 8. The summed E-state index contributed by atoms with van der Waals surface area (Å²) in [5, 5.41) is 23.1. The van der Waals surface area contributed by atoms with Gasteiger partial charge in [0.05, 0.1) is 31.9 Å². The maximum Gasteiger partial charge on any atom is 0.343 e. The molecule has 1 spiro atoms. The maximum absolute atomic E-state index is 13.1. The first-order valence-corrected chi connectivity index (χ1v) is 15.8. The van der Waals surface area contributed by atoms with Gasteiger partial charge in [-0.05, 0) is 106 Å². The average Bonchev–Trinajstić information content (AvgIpc) is 3.10. The van der Waals surface area contributed by atoms with Crippen molar-refractivity contribution in [2.45, 2.75) is 82.0 Å². The third-order valence-electron chi connectivity index (χ3n) is 9.47. The van der Waals surface area contributed by atoms with E-state index in [0.717, 1.165) is 32.1 Å². The Kier molecular flexibility index (Phi) is 9.09. The SMILES string of the molecule is C=C[C@H](O)[C@@H]1CC[C@H]1CN1C[C@@]2(CCCc3cc(Cl)ccc32)COc2ccc([C@](O)(CC(=O)OC(C)(C)C)C(=O)OC)cc21. The lowest BCUT2D eigenvalue weighted by Gasteiger charge is -2.45. The third-order valence-corrected chi connectivity index (χ3v) is 9.70. The minimum absolute atomic E-state index is 0.0934. The van der Waals surface area contributed by atoms with Gasteiger partial charge in [-0.25, -0.2) is 4.79 Å². The van der Waals surface area contributed by atoms with Crippen LogP contribution in [0, 0.1) is 11.8 Å². The van der Waals surface area contributed by atoms with Crippen LogP contribution < -0.4 is 9.64 Å². The van der Waals surface area contributed by atoms with Crippen LogP contribution >= 0.6 is 11.6 Å². The van der Waals surface area contributed by atoms with E-state index in [1.165, 1.54) is 18.2 Å². The van der Waals surface area contributed by atoms with Crippen molar-refractivity contribution in [2.75, 3.05) is 31.7 Å². The zero-order valence-corrected chi connectivity index (χ0v) is 26.9. The number of anilines is 1. The molecule has 0 aromatic heterocycles. The van der Waals surface area contributed by atoms with Crippen molar-refractivity contribution in [3.8, 4) is 5.75 Å². The van der Waals surface area contributed by atoms with Gasteiger partial charge in [0.2, 0.25) is 0 Å². The molecule has 1 fully saturated rings. The van der Waals surface area contributed by atoms with Crippen LogP contribution in [0.4, 0.5) is 5.69 Å². The molecule has 44 heavy (non-hydrogen) atoms. The van der Waals surface area contributed by atoms with Gasteiger partial charge in [0.15, 0.2) is 5.60 Å². The maximum atomic E-state index is 13.1. The predicted octanol–water partition coefficient (Wildman–Crippen LogP) is 5.48. The number of aryl methyl sites for hydroxylation is 1. The second-order valence-corrected chi connectivity index (χ2v) is 14.1. The number of halogens is 1. The van der Waals surface area contributed by atoms with Crippen LogP contribution in [-0.2, 0) is 36.5 Å². The van der Waals surface area contributed by atoms with Gasteiger partial charge in [-0.3, -0.25) is 4.79 Å². The first-order chi connectivity index (χ1) is 20.8. The van der Waals surface area contributed by atoms with E-state index in [-0.39, 0.29) is 22.8 Å². The Labute approximate surface area is 264 Å². The van der Waals surface area contributed by atoms with Gasteiger partial charge in [-0.1, -0.05) is 29.8 Å². The molecule has 1 aliphatic heterocycles. The van der Waals surface area contributed by atoms with Crippen LogP contribution in [0.5, 0.6) is 5.75 Å². The highest BCUT2D eigenvalue weighted by Crippen LogP contribution is 2.47. The Morgan fingerprint density at radius 1 is 1.23 bits per heavy atom. The number of methoxy groups -OCH3 is 1. The van der Waals surface area contributed by atoms with Crippen LogP contribution in [0.3, 0.4) is 0 Å². The van der Waals surface area contributed by atoms with Gasteiger partial charge in [0, 0.05) is 23.5 Å². The lowest BCUT2D eigenvalue weighted by molar-refractivity contribution is -0.175. The van der Waals surface area contributed by atoms with E-state index in [2.05, 4.69) is 17.5 Å². The van der Waals surface area contributed by atoms with Crippen molar-refractivity contribution < 1.29 is 34.0 Å². The quantitative estimate of drug-likeness (QED) is 0.294. The van der Waals surface area contributed by atoms with Gasteiger partial charge >= 0.3 is 11.9 Å².